The van der Waals surface area contributed by atoms with Gasteiger partial charge in [0.05, 0.1) is 5.41 Å². The van der Waals surface area contributed by atoms with Gasteiger partial charge in [-0.1, -0.05) is 0 Å². The summed E-state index contributed by atoms with van der Waals surface area (Å²) in [6.45, 7) is 9.40. The third kappa shape index (κ3) is 1.52. The molecular weight excluding hydrogens is 178 g/mol. The molecule has 0 spiro atoms. The van der Waals surface area contributed by atoms with Gasteiger partial charge in [0.2, 0.25) is 0 Å². The molecule has 1 aromatic heterocycles. The predicted molar refractivity (Wildman–Crippen MR) is 51.5 cm³/mol. The Bertz CT molecular complexity index is 335. The number of nitrogens with zero attached hydrogens (tertiary/aromatic N) is 5. The van der Waals surface area contributed by atoms with Crippen LogP contribution in [0.4, 0.5) is 0 Å². The third-order valence-electron chi connectivity index (χ3n) is 2.50. The van der Waals surface area contributed by atoms with Crippen LogP contribution >= 0.6 is 0 Å². The van der Waals surface area contributed by atoms with Gasteiger partial charge in [0, 0.05) is 6.54 Å². The molecule has 0 bridgehead atoms. The molecule has 78 valence electrons. The van der Waals surface area contributed by atoms with Gasteiger partial charge in [0.15, 0.2) is 5.21 Å². The SMILES string of the molecule is CN1CC[n+]2c(C(C)(C)C)nnn2C1. The fourth-order valence-electron chi connectivity index (χ4n) is 1.72. The molecule has 2 rings (SSSR count). The summed E-state index contributed by atoms with van der Waals surface area (Å²) in [4.78, 5) is 4.17. The predicted octanol–water partition coefficient (Wildman–Crippen LogP) is -0.234. The van der Waals surface area contributed by atoms with Gasteiger partial charge in [-0.15, -0.1) is 0 Å². The Morgan fingerprint density at radius 3 is 2.71 bits per heavy atom. The molecule has 0 saturated heterocycles. The lowest BCUT2D eigenvalue weighted by Gasteiger charge is -2.22. The first kappa shape index (κ1) is 9.58. The molecule has 1 aliphatic heterocycles. The van der Waals surface area contributed by atoms with Crippen LogP contribution < -0.4 is 4.68 Å². The first-order valence-electron chi connectivity index (χ1n) is 5.01. The highest BCUT2D eigenvalue weighted by atomic mass is 15.7. The first-order valence-corrected chi connectivity index (χ1v) is 5.01. The molecule has 1 aliphatic rings. The van der Waals surface area contributed by atoms with Crippen LogP contribution in [0.25, 0.3) is 0 Å². The van der Waals surface area contributed by atoms with E-state index in [2.05, 4.69) is 47.7 Å². The summed E-state index contributed by atoms with van der Waals surface area (Å²) in [7, 11) is 2.10. The molecule has 0 saturated carbocycles. The van der Waals surface area contributed by atoms with E-state index in [0.717, 1.165) is 25.6 Å². The molecule has 0 N–H and O–H groups in total. The molecule has 14 heavy (non-hydrogen) atoms. The normalized spacial score (nSPS) is 18.3. The van der Waals surface area contributed by atoms with Gasteiger partial charge in [-0.05, 0) is 32.6 Å². The smallest absolute Gasteiger partial charge is 0.280 e. The highest BCUT2D eigenvalue weighted by molar-refractivity contribution is 4.91. The lowest BCUT2D eigenvalue weighted by molar-refractivity contribution is -0.798. The van der Waals surface area contributed by atoms with E-state index in [9.17, 15) is 0 Å². The zero-order valence-electron chi connectivity index (χ0n) is 9.36. The van der Waals surface area contributed by atoms with Crippen molar-refractivity contribution >= 4 is 0 Å². The summed E-state index contributed by atoms with van der Waals surface area (Å²) in [6, 6.07) is 0. The van der Waals surface area contributed by atoms with Crippen LogP contribution in [0.2, 0.25) is 0 Å². The molecule has 0 amide bonds. The van der Waals surface area contributed by atoms with E-state index >= 15 is 0 Å². The summed E-state index contributed by atoms with van der Waals surface area (Å²) in [5.74, 6) is 1.07. The summed E-state index contributed by atoms with van der Waals surface area (Å²) in [6.07, 6.45) is 0. The second kappa shape index (κ2) is 3.02. The molecule has 0 fully saturated rings. The van der Waals surface area contributed by atoms with Gasteiger partial charge in [-0.2, -0.15) is 4.68 Å². The molecular formula is C9H18N5+. The number of hydrogen-bond donors (Lipinski definition) is 0. The van der Waals surface area contributed by atoms with Crippen LogP contribution in [0.15, 0.2) is 0 Å². The summed E-state index contributed by atoms with van der Waals surface area (Å²) >= 11 is 0. The average molecular weight is 196 g/mol. The minimum atomic E-state index is 0.0775. The van der Waals surface area contributed by atoms with Crippen LogP contribution in [-0.4, -0.2) is 33.6 Å². The van der Waals surface area contributed by atoms with E-state index in [1.54, 1.807) is 0 Å². The molecule has 0 unspecified atom stereocenters. The van der Waals surface area contributed by atoms with Gasteiger partial charge in [-0.25, -0.2) is 0 Å². The summed E-state index contributed by atoms with van der Waals surface area (Å²) in [5.41, 5.74) is 0.0775. The zero-order chi connectivity index (χ0) is 10.3. The minimum Gasteiger partial charge on any atom is -0.280 e. The Kier molecular flexibility index (Phi) is 2.06. The number of fused-ring (bicyclic) bond motifs is 1. The number of likely N-dealkylation sites (N-methyl/N-ethyl adjacent to an activating group) is 1. The number of rotatable bonds is 0. The number of aromatic nitrogens is 4. The first-order chi connectivity index (χ1) is 6.48. The van der Waals surface area contributed by atoms with Gasteiger partial charge in [0.25, 0.3) is 0 Å². The Morgan fingerprint density at radius 1 is 1.36 bits per heavy atom. The molecule has 0 radical (unpaired) electrons. The van der Waals surface area contributed by atoms with E-state index in [-0.39, 0.29) is 5.41 Å². The fourth-order valence-corrected chi connectivity index (χ4v) is 1.72. The Balaban J connectivity index is 2.38. The van der Waals surface area contributed by atoms with Crippen molar-refractivity contribution in [1.82, 2.24) is 20.0 Å². The van der Waals surface area contributed by atoms with Crippen LogP contribution in [-0.2, 0) is 18.6 Å². The number of hydrogen-bond acceptors (Lipinski definition) is 3. The quantitative estimate of drug-likeness (QED) is 0.538. The molecule has 1 aromatic rings. The fraction of sp³-hybridized carbons (Fsp3) is 0.889. The van der Waals surface area contributed by atoms with Crippen LogP contribution in [0, 0.1) is 0 Å². The molecule has 0 aromatic carbocycles. The second-order valence-electron chi connectivity index (χ2n) is 4.98. The maximum atomic E-state index is 4.25. The Labute approximate surface area is 84.3 Å². The van der Waals surface area contributed by atoms with Crippen molar-refractivity contribution in [1.29, 1.82) is 0 Å². The highest BCUT2D eigenvalue weighted by Gasteiger charge is 2.33. The van der Waals surface area contributed by atoms with Crippen molar-refractivity contribution in [2.75, 3.05) is 13.6 Å². The van der Waals surface area contributed by atoms with Crippen molar-refractivity contribution in [3.63, 3.8) is 0 Å². The van der Waals surface area contributed by atoms with Gasteiger partial charge >= 0.3 is 5.82 Å². The van der Waals surface area contributed by atoms with E-state index in [1.165, 1.54) is 0 Å². The summed E-state index contributed by atoms with van der Waals surface area (Å²) in [5, 5.41) is 8.41. The van der Waals surface area contributed by atoms with E-state index in [4.69, 9.17) is 0 Å². The third-order valence-corrected chi connectivity index (χ3v) is 2.50. The van der Waals surface area contributed by atoms with Crippen molar-refractivity contribution in [2.45, 2.75) is 39.4 Å². The number of tetrazole rings is 1. The highest BCUT2D eigenvalue weighted by Crippen LogP contribution is 2.15. The standard InChI is InChI=1S/C9H18N5/c1-9(2,3)8-10-11-14-7-12(4)5-6-13(8)14/h5-7H2,1-4H3/q+1. The Hall–Kier alpha value is -0.970. The van der Waals surface area contributed by atoms with Gasteiger partial charge in [0.1, 0.15) is 18.3 Å². The molecule has 0 aliphatic carbocycles. The lowest BCUT2D eigenvalue weighted by atomic mass is 9.96. The van der Waals surface area contributed by atoms with Crippen molar-refractivity contribution in [3.8, 4) is 0 Å². The molecule has 2 heterocycles. The van der Waals surface area contributed by atoms with E-state index in [0.29, 0.717) is 0 Å². The van der Waals surface area contributed by atoms with Crippen LogP contribution in [0.1, 0.15) is 26.6 Å². The van der Waals surface area contributed by atoms with Gasteiger partial charge < -0.3 is 0 Å². The monoisotopic (exact) mass is 196 g/mol. The molecule has 0 atom stereocenters. The topological polar surface area (TPSA) is 37.8 Å². The maximum absolute atomic E-state index is 4.25. The second-order valence-corrected chi connectivity index (χ2v) is 4.98. The lowest BCUT2D eigenvalue weighted by Crippen LogP contribution is -2.57. The Morgan fingerprint density at radius 2 is 2.07 bits per heavy atom. The van der Waals surface area contributed by atoms with Crippen molar-refractivity contribution < 1.29 is 4.68 Å². The maximum Gasteiger partial charge on any atom is 0.306 e. The molecule has 5 nitrogen and oxygen atoms in total. The van der Waals surface area contributed by atoms with Crippen LogP contribution in [0.5, 0.6) is 0 Å². The minimum absolute atomic E-state index is 0.0775. The average Bonchev–Trinajstić information content (AvgIpc) is 2.45. The van der Waals surface area contributed by atoms with Crippen LogP contribution in [0.3, 0.4) is 0 Å². The van der Waals surface area contributed by atoms with E-state index in [1.807, 2.05) is 4.80 Å². The largest absolute Gasteiger partial charge is 0.306 e. The van der Waals surface area contributed by atoms with Crippen molar-refractivity contribution in [2.24, 2.45) is 0 Å². The molecule has 5 heteroatoms. The zero-order valence-corrected chi connectivity index (χ0v) is 9.36. The van der Waals surface area contributed by atoms with Gasteiger partial charge in [-0.3, -0.25) is 4.90 Å². The van der Waals surface area contributed by atoms with E-state index < -0.39 is 0 Å². The summed E-state index contributed by atoms with van der Waals surface area (Å²) < 4.78 is 2.18. The van der Waals surface area contributed by atoms with Crippen molar-refractivity contribution in [3.05, 3.63) is 5.82 Å².